The van der Waals surface area contributed by atoms with Crippen LogP contribution >= 0.6 is 11.6 Å². The van der Waals surface area contributed by atoms with Crippen molar-refractivity contribution in [2.45, 2.75) is 102 Å². The number of rotatable bonds is 6. The van der Waals surface area contributed by atoms with Crippen LogP contribution in [0.25, 0.3) is 0 Å². The zero-order valence-corrected chi connectivity index (χ0v) is 30.3. The Morgan fingerprint density at radius 2 is 1.96 bits per heavy atom. The van der Waals surface area contributed by atoms with E-state index in [1.165, 1.54) is 31.1 Å². The molecule has 3 amide bonds. The molecular weight excluding hydrogens is 658 g/mol. The predicted octanol–water partition coefficient (Wildman–Crippen LogP) is 3.92. The molecule has 0 radical (unpaired) electrons. The molecule has 270 valence electrons. The molecule has 0 aromatic heterocycles. The molecule has 0 spiro atoms. The Bertz CT molecular complexity index is 1520. The van der Waals surface area contributed by atoms with E-state index < -0.39 is 65.7 Å². The molecule has 4 bridgehead atoms. The molecule has 13 nitrogen and oxygen atoms in total. The molecule has 2 saturated heterocycles. The molecule has 2 N–H and O–H groups in total. The van der Waals surface area contributed by atoms with Crippen LogP contribution in [0.1, 0.15) is 59.4 Å². The molecule has 0 unspecified atom stereocenters. The third-order valence-electron chi connectivity index (χ3n) is 9.83. The quantitative estimate of drug-likeness (QED) is 0.329. The monoisotopic (exact) mass is 705 g/mol. The molecule has 14 heteroatoms. The second-order valence-corrected chi connectivity index (χ2v) is 13.6. The van der Waals surface area contributed by atoms with Crippen molar-refractivity contribution in [2.24, 2.45) is 5.92 Å². The van der Waals surface area contributed by atoms with Crippen LogP contribution < -0.4 is 15.0 Å². The first-order valence-corrected chi connectivity index (χ1v) is 16.7. The summed E-state index contributed by atoms with van der Waals surface area (Å²) in [6, 6.07) is 2.64. The molecule has 0 saturated carbocycles. The Morgan fingerprint density at radius 3 is 2.59 bits per heavy atom. The number of epoxide rings is 1. The first-order valence-electron chi connectivity index (χ1n) is 16.3. The molecular formula is C35H48ClN3O10. The van der Waals surface area contributed by atoms with E-state index >= 15 is 0 Å². The number of methoxy groups -OCH3 is 2. The first kappa shape index (κ1) is 38.2. The summed E-state index contributed by atoms with van der Waals surface area (Å²) in [5.74, 6) is -1.53. The van der Waals surface area contributed by atoms with Gasteiger partial charge in [0.1, 0.15) is 40.7 Å². The van der Waals surface area contributed by atoms with E-state index in [2.05, 4.69) is 5.32 Å². The fourth-order valence-electron chi connectivity index (χ4n) is 6.47. The minimum absolute atomic E-state index is 0.0431. The van der Waals surface area contributed by atoms with E-state index in [1.54, 1.807) is 59.0 Å². The van der Waals surface area contributed by atoms with E-state index in [1.807, 2.05) is 13.0 Å². The summed E-state index contributed by atoms with van der Waals surface area (Å²) < 4.78 is 29.0. The van der Waals surface area contributed by atoms with Gasteiger partial charge in [0.15, 0.2) is 5.72 Å². The molecule has 1 aromatic rings. The highest BCUT2D eigenvalue weighted by molar-refractivity contribution is 6.35. The van der Waals surface area contributed by atoms with Crippen LogP contribution in [0.3, 0.4) is 0 Å². The van der Waals surface area contributed by atoms with Gasteiger partial charge in [-0.2, -0.15) is 0 Å². The summed E-state index contributed by atoms with van der Waals surface area (Å²) in [6.45, 7) is 8.68. The minimum atomic E-state index is -1.82. The Hall–Kier alpha value is -3.65. The number of fused-ring (bicyclic) bond motifs is 5. The van der Waals surface area contributed by atoms with Crippen LogP contribution in [0.15, 0.2) is 35.9 Å². The number of benzene rings is 1. The predicted molar refractivity (Wildman–Crippen MR) is 181 cm³/mol. The van der Waals surface area contributed by atoms with Crippen LogP contribution in [0.4, 0.5) is 10.5 Å². The number of likely N-dealkylation sites (N-methyl/N-ethyl adjacent to an activating group) is 1. The number of halogens is 1. The molecule has 1 aromatic carbocycles. The fourth-order valence-corrected chi connectivity index (χ4v) is 6.78. The summed E-state index contributed by atoms with van der Waals surface area (Å²) in [5, 5.41) is 14.4. The lowest BCUT2D eigenvalue weighted by atomic mass is 9.83. The van der Waals surface area contributed by atoms with Crippen molar-refractivity contribution in [3.63, 3.8) is 0 Å². The smallest absolute Gasteiger partial charge is 0.409 e. The van der Waals surface area contributed by atoms with E-state index in [9.17, 15) is 24.3 Å². The number of amides is 3. The van der Waals surface area contributed by atoms with E-state index in [0.717, 1.165) is 11.1 Å². The van der Waals surface area contributed by atoms with Gasteiger partial charge in [-0.05, 0) is 44.9 Å². The van der Waals surface area contributed by atoms with E-state index in [0.29, 0.717) is 17.9 Å². The maximum atomic E-state index is 14.0. The van der Waals surface area contributed by atoms with Gasteiger partial charge in [-0.15, -0.1) is 0 Å². The summed E-state index contributed by atoms with van der Waals surface area (Å²) in [4.78, 5) is 55.3. The maximum absolute atomic E-state index is 14.0. The Labute approximate surface area is 292 Å². The second kappa shape index (κ2) is 15.1. The SMILES string of the molecule is CCC(=O)N(C)[C@H](C)C(=O)O[C@@H]1CC(=O)N(C)c2cc(cc(OC)c2Cl)C/C(C)=C/C=C/[C@H](OC)[C@]2(O)C[C@@H](OC(=O)N2)[C@H](C)[C@H]2O[C@@]21C. The summed E-state index contributed by atoms with van der Waals surface area (Å²) in [7, 11) is 6.01. The lowest BCUT2D eigenvalue weighted by molar-refractivity contribution is -0.162. The van der Waals surface area contributed by atoms with Crippen molar-refractivity contribution in [2.75, 3.05) is 33.2 Å². The Balaban J connectivity index is 1.79. The molecule has 0 aliphatic carbocycles. The lowest BCUT2D eigenvalue weighted by Crippen LogP contribution is -2.63. The van der Waals surface area contributed by atoms with Gasteiger partial charge in [0, 0.05) is 40.0 Å². The van der Waals surface area contributed by atoms with Crippen molar-refractivity contribution in [3.05, 3.63) is 46.5 Å². The maximum Gasteiger partial charge on any atom is 0.409 e. The Kier molecular flexibility index (Phi) is 11.7. The number of allylic oxidation sites excluding steroid dienone is 3. The zero-order chi connectivity index (χ0) is 36.4. The fraction of sp³-hybridized carbons (Fsp3) is 0.600. The van der Waals surface area contributed by atoms with Crippen molar-refractivity contribution in [1.82, 2.24) is 10.2 Å². The number of aliphatic hydroxyl groups is 1. The highest BCUT2D eigenvalue weighted by Crippen LogP contribution is 2.49. The summed E-state index contributed by atoms with van der Waals surface area (Å²) in [6.07, 6.45) is 1.22. The van der Waals surface area contributed by atoms with Gasteiger partial charge in [0.05, 0.1) is 25.3 Å². The lowest BCUT2D eigenvalue weighted by Gasteiger charge is -2.42. The second-order valence-electron chi connectivity index (χ2n) is 13.3. The van der Waals surface area contributed by atoms with Gasteiger partial charge < -0.3 is 38.6 Å². The third-order valence-corrected chi connectivity index (χ3v) is 10.2. The van der Waals surface area contributed by atoms with E-state index in [4.69, 9.17) is 35.3 Å². The minimum Gasteiger partial charge on any atom is -0.495 e. The van der Waals surface area contributed by atoms with Gasteiger partial charge in [-0.25, -0.2) is 9.59 Å². The normalized spacial score (nSPS) is 32.8. The number of nitrogens with one attached hydrogen (secondary N) is 1. The highest BCUT2D eigenvalue weighted by Gasteiger charge is 2.64. The molecule has 3 aliphatic heterocycles. The van der Waals surface area contributed by atoms with E-state index in [-0.39, 0.29) is 30.2 Å². The highest BCUT2D eigenvalue weighted by atomic mass is 35.5. The largest absolute Gasteiger partial charge is 0.495 e. The van der Waals surface area contributed by atoms with Crippen LogP contribution in [0.5, 0.6) is 5.75 Å². The molecule has 3 heterocycles. The average Bonchev–Trinajstić information content (AvgIpc) is 3.76. The van der Waals surface area contributed by atoms with Crippen molar-refractivity contribution >= 4 is 41.2 Å². The van der Waals surface area contributed by atoms with Gasteiger partial charge in [0.2, 0.25) is 11.8 Å². The number of hydrogen-bond donors (Lipinski definition) is 2. The van der Waals surface area contributed by atoms with Crippen LogP contribution in [-0.4, -0.2) is 104 Å². The molecule has 3 aliphatic rings. The Morgan fingerprint density at radius 1 is 1.27 bits per heavy atom. The molecule has 2 fully saturated rings. The molecule has 49 heavy (non-hydrogen) atoms. The zero-order valence-electron chi connectivity index (χ0n) is 29.6. The average molecular weight is 706 g/mol. The number of nitrogens with zero attached hydrogens (tertiary/aromatic N) is 2. The van der Waals surface area contributed by atoms with Gasteiger partial charge >= 0.3 is 12.1 Å². The van der Waals surface area contributed by atoms with Gasteiger partial charge in [0.25, 0.3) is 0 Å². The number of carbonyl (C=O) groups excluding carboxylic acids is 4. The molecule has 8 atom stereocenters. The van der Waals surface area contributed by atoms with Gasteiger partial charge in [-0.1, -0.05) is 49.2 Å². The summed E-state index contributed by atoms with van der Waals surface area (Å²) >= 11 is 6.72. The van der Waals surface area contributed by atoms with Crippen LogP contribution in [-0.2, 0) is 39.8 Å². The number of alkyl carbamates (subject to hydrolysis) is 1. The molecule has 4 rings (SSSR count). The van der Waals surface area contributed by atoms with Crippen molar-refractivity contribution in [3.8, 4) is 5.75 Å². The topological polar surface area (TPSA) is 156 Å². The number of carbonyl (C=O) groups is 4. The number of esters is 1. The first-order chi connectivity index (χ1) is 23.0. The van der Waals surface area contributed by atoms with Gasteiger partial charge in [-0.3, -0.25) is 14.9 Å². The number of hydrogen-bond acceptors (Lipinski definition) is 10. The van der Waals surface area contributed by atoms with Crippen LogP contribution in [0, 0.1) is 5.92 Å². The number of ether oxygens (including phenoxy) is 5. The third kappa shape index (κ3) is 8.06. The summed E-state index contributed by atoms with van der Waals surface area (Å²) in [5.41, 5.74) is -0.870. The van der Waals surface area contributed by atoms with Crippen molar-refractivity contribution in [1.29, 1.82) is 0 Å². The van der Waals surface area contributed by atoms with Crippen LogP contribution in [0.2, 0.25) is 5.02 Å². The number of anilines is 1. The standard InChI is InChI=1S/C35H48ClN3O10/c1-10-28(40)38(6)21(4)32(42)48-27-17-29(41)39(7)23-15-22(16-24(45-8)30(23)36)14-19(2)12-11-13-26(46-9)35(44)18-25(47-33(43)37-35)20(3)31-34(27,5)49-31/h11-13,15-16,20-21,25-27,31,44H,10,14,17-18H2,1-9H3,(H,37,43)/b13-11+,19-12+/t20-,21+,25+,26-,27+,31+,34+,35+/m0/s1. The van der Waals surface area contributed by atoms with Crippen molar-refractivity contribution < 1.29 is 48.0 Å².